The Morgan fingerprint density at radius 2 is 1.58 bits per heavy atom. The molecule has 3 atom stereocenters. The summed E-state index contributed by atoms with van der Waals surface area (Å²) < 4.78 is 8.78. The number of carboxylic acids is 1. The molecule has 13 nitrogen and oxygen atoms in total. The molecule has 3 unspecified atom stereocenters. The quantitative estimate of drug-likeness (QED) is 0.120. The highest BCUT2D eigenvalue weighted by Gasteiger charge is 2.24. The van der Waals surface area contributed by atoms with Crippen molar-refractivity contribution in [3.8, 4) is 11.8 Å². The van der Waals surface area contributed by atoms with Crippen molar-refractivity contribution >= 4 is 40.2 Å². The Bertz CT molecular complexity index is 2140. The molecule has 1 saturated heterocycles. The molecule has 5 aromatic rings. The van der Waals surface area contributed by atoms with E-state index in [-0.39, 0.29) is 35.6 Å². The first kappa shape index (κ1) is 40.8. The van der Waals surface area contributed by atoms with Crippen LogP contribution in [-0.4, -0.2) is 64.4 Å². The van der Waals surface area contributed by atoms with Gasteiger partial charge in [0, 0.05) is 31.0 Å². The number of benzene rings is 2. The van der Waals surface area contributed by atoms with Crippen molar-refractivity contribution in [1.29, 1.82) is 0 Å². The summed E-state index contributed by atoms with van der Waals surface area (Å²) in [6.45, 7) is 4.89. The number of aryl methyl sites for hydroxylation is 1. The van der Waals surface area contributed by atoms with Gasteiger partial charge in [0.2, 0.25) is 5.78 Å². The fourth-order valence-electron chi connectivity index (χ4n) is 4.81. The van der Waals surface area contributed by atoms with Gasteiger partial charge >= 0.3 is 17.6 Å². The summed E-state index contributed by atoms with van der Waals surface area (Å²) in [4.78, 5) is 62.7. The predicted octanol–water partition coefficient (Wildman–Crippen LogP) is 4.05. The van der Waals surface area contributed by atoms with Crippen LogP contribution in [-0.2, 0) is 35.0 Å². The minimum atomic E-state index is -0.982. The number of nitrogens with zero attached hydrogens (tertiary/aromatic N) is 4. The molecule has 4 heterocycles. The molecule has 0 aliphatic carbocycles. The van der Waals surface area contributed by atoms with Crippen molar-refractivity contribution in [2.24, 2.45) is 14.1 Å². The third-order valence-corrected chi connectivity index (χ3v) is 9.09. The molecule has 52 heavy (non-hydrogen) atoms. The number of aliphatic hydroxyl groups excluding tert-OH is 2. The number of hydrogen-bond acceptors (Lipinski definition) is 10. The number of hydrogen-bond donors (Lipinski definition) is 3. The van der Waals surface area contributed by atoms with E-state index in [9.17, 15) is 29.1 Å². The van der Waals surface area contributed by atoms with E-state index in [1.807, 2.05) is 62.4 Å². The van der Waals surface area contributed by atoms with Gasteiger partial charge in [0.1, 0.15) is 6.10 Å². The summed E-state index contributed by atoms with van der Waals surface area (Å²) in [7, 11) is 2.90. The van der Waals surface area contributed by atoms with Crippen molar-refractivity contribution < 1.29 is 34.4 Å². The predicted molar refractivity (Wildman–Crippen MR) is 197 cm³/mol. The van der Waals surface area contributed by atoms with Gasteiger partial charge in [-0.15, -0.1) is 23.2 Å². The number of carbonyl (C=O) groups is 3. The van der Waals surface area contributed by atoms with Gasteiger partial charge in [-0.1, -0.05) is 60.7 Å². The van der Waals surface area contributed by atoms with E-state index in [4.69, 9.17) is 14.9 Å². The van der Waals surface area contributed by atoms with E-state index in [2.05, 4.69) is 16.8 Å². The van der Waals surface area contributed by atoms with Gasteiger partial charge < -0.3 is 24.6 Å². The van der Waals surface area contributed by atoms with Crippen LogP contribution in [0.4, 0.5) is 0 Å². The van der Waals surface area contributed by atoms with E-state index in [1.54, 1.807) is 31.2 Å². The maximum Gasteiger partial charge on any atom is 0.332 e. The Morgan fingerprint density at radius 1 is 0.962 bits per heavy atom. The Hall–Kier alpha value is -5.62. The van der Waals surface area contributed by atoms with Crippen LogP contribution in [0.5, 0.6) is 0 Å². The number of aliphatic hydroxyl groups is 2. The lowest BCUT2D eigenvalue weighted by Crippen LogP contribution is -2.38. The summed E-state index contributed by atoms with van der Waals surface area (Å²) in [5.41, 5.74) is 1.27. The van der Waals surface area contributed by atoms with Crippen LogP contribution in [0, 0.1) is 11.8 Å². The van der Waals surface area contributed by atoms with E-state index in [1.165, 1.54) is 40.9 Å². The number of fused-ring (bicyclic) bond motifs is 1. The van der Waals surface area contributed by atoms with Crippen LogP contribution in [0.2, 0.25) is 0 Å². The highest BCUT2D eigenvalue weighted by molar-refractivity contribution is 7.14. The number of ketones is 1. The summed E-state index contributed by atoms with van der Waals surface area (Å²) in [5.74, 6) is 3.76. The smallest absolute Gasteiger partial charge is 0.332 e. The first-order valence-electron chi connectivity index (χ1n) is 16.2. The Labute approximate surface area is 304 Å². The normalized spacial score (nSPS) is 14.1. The SMILES string of the molecule is CC#CC.CC(C(=O)O)c1ccc(C(=O)c2ccccc2)s1.Cn1c(=O)c2c(ncn2CC(O)CO)n(C)c1=O.O=C1CCC(c2ccccc2)O1. The zero-order valence-electron chi connectivity index (χ0n) is 29.6. The standard InChI is InChI=1S/C14H12O3S.C10H14N4O4.C10H10O2.C4H6/c1-9(14(16)17)11-7-8-12(18-11)13(15)10-5-3-2-4-6-10;1-12-8-7(9(17)13(2)10(12)18)14(5-11-8)3-6(16)4-15;11-10-7-6-9(12-10)8-4-2-1-3-5-8;1-3-4-2/h2-9H,1H3,(H,16,17);5-6,15-16H,3-4H2,1-2H3;1-5,9H,6-7H2;1-2H3. The van der Waals surface area contributed by atoms with Crippen LogP contribution >= 0.6 is 11.3 Å². The van der Waals surface area contributed by atoms with Gasteiger partial charge in [-0.2, -0.15) is 0 Å². The minimum absolute atomic E-state index is 0.00120. The Kier molecular flexibility index (Phi) is 15.4. The third kappa shape index (κ3) is 10.7. The molecule has 14 heteroatoms. The number of imidazole rings is 1. The van der Waals surface area contributed by atoms with Gasteiger partial charge in [0.25, 0.3) is 5.56 Å². The molecule has 3 N–H and O–H groups in total. The van der Waals surface area contributed by atoms with Crippen LogP contribution < -0.4 is 11.2 Å². The number of carbonyl (C=O) groups excluding carboxylic acids is 2. The molecule has 0 radical (unpaired) electrons. The van der Waals surface area contributed by atoms with Gasteiger partial charge in [-0.3, -0.25) is 28.3 Å². The molecule has 0 saturated carbocycles. The van der Waals surface area contributed by atoms with E-state index < -0.39 is 35.8 Å². The number of cyclic esters (lactones) is 1. The zero-order chi connectivity index (χ0) is 38.4. The Balaban J connectivity index is 0.000000203. The minimum Gasteiger partial charge on any atom is -0.481 e. The molecule has 0 amide bonds. The molecule has 274 valence electrons. The van der Waals surface area contributed by atoms with Crippen molar-refractivity contribution in [1.82, 2.24) is 18.7 Å². The van der Waals surface area contributed by atoms with E-state index >= 15 is 0 Å². The second-order valence-electron chi connectivity index (χ2n) is 11.5. The van der Waals surface area contributed by atoms with E-state index in [0.29, 0.717) is 21.7 Å². The Morgan fingerprint density at radius 3 is 2.12 bits per heavy atom. The molecule has 2 aromatic carbocycles. The second kappa shape index (κ2) is 19.7. The van der Waals surface area contributed by atoms with Crippen molar-refractivity contribution in [3.63, 3.8) is 0 Å². The number of carboxylic acid groups (broad SMARTS) is 1. The summed E-state index contributed by atoms with van der Waals surface area (Å²) >= 11 is 1.24. The lowest BCUT2D eigenvalue weighted by Gasteiger charge is -2.09. The van der Waals surface area contributed by atoms with Crippen molar-refractivity contribution in [2.75, 3.05) is 6.61 Å². The number of aliphatic carboxylic acids is 1. The molecule has 3 aromatic heterocycles. The molecular formula is C38H42N4O9S. The van der Waals surface area contributed by atoms with E-state index in [0.717, 1.165) is 16.6 Å². The number of aromatic nitrogens is 4. The highest BCUT2D eigenvalue weighted by Crippen LogP contribution is 2.29. The van der Waals surface area contributed by atoms with Gasteiger partial charge in [-0.25, -0.2) is 9.78 Å². The number of rotatable bonds is 8. The van der Waals surface area contributed by atoms with Crippen LogP contribution in [0.1, 0.15) is 71.3 Å². The zero-order valence-corrected chi connectivity index (χ0v) is 30.4. The monoisotopic (exact) mass is 730 g/mol. The van der Waals surface area contributed by atoms with Crippen molar-refractivity contribution in [2.45, 2.75) is 58.3 Å². The summed E-state index contributed by atoms with van der Waals surface area (Å²) in [6.07, 6.45) is 1.76. The lowest BCUT2D eigenvalue weighted by molar-refractivity contribution is -0.141. The molecule has 0 spiro atoms. The maximum absolute atomic E-state index is 12.1. The topological polar surface area (TPSA) is 183 Å². The second-order valence-corrected chi connectivity index (χ2v) is 12.6. The number of esters is 1. The first-order chi connectivity index (χ1) is 24.8. The largest absolute Gasteiger partial charge is 0.481 e. The van der Waals surface area contributed by atoms with Gasteiger partial charge in [0.05, 0.1) is 36.4 Å². The molecular weight excluding hydrogens is 689 g/mol. The average molecular weight is 731 g/mol. The molecule has 1 fully saturated rings. The van der Waals surface area contributed by atoms with Gasteiger partial charge in [0.15, 0.2) is 11.2 Å². The molecule has 1 aliphatic heterocycles. The molecule has 0 bridgehead atoms. The third-order valence-electron chi connectivity index (χ3n) is 7.82. The van der Waals surface area contributed by atoms with Crippen molar-refractivity contribution in [3.05, 3.63) is 121 Å². The fraction of sp³-hybridized carbons (Fsp3) is 0.316. The lowest BCUT2D eigenvalue weighted by atomic mass is 10.1. The number of ether oxygens (including phenoxy) is 1. The van der Waals surface area contributed by atoms with Gasteiger partial charge in [-0.05, 0) is 44.9 Å². The summed E-state index contributed by atoms with van der Waals surface area (Å²) in [6, 6.07) is 22.2. The van der Waals surface area contributed by atoms with Crippen LogP contribution in [0.3, 0.4) is 0 Å². The van der Waals surface area contributed by atoms with Crippen LogP contribution in [0.15, 0.2) is 88.7 Å². The van der Waals surface area contributed by atoms with Crippen LogP contribution in [0.25, 0.3) is 11.2 Å². The molecule has 1 aliphatic rings. The number of thiophene rings is 1. The highest BCUT2D eigenvalue weighted by atomic mass is 32.1. The molecule has 6 rings (SSSR count). The first-order valence-corrected chi connectivity index (χ1v) is 17.1. The summed E-state index contributed by atoms with van der Waals surface area (Å²) in [5, 5.41) is 27.1. The maximum atomic E-state index is 12.1. The fourth-order valence-corrected chi connectivity index (χ4v) is 5.82. The average Bonchev–Trinajstić information content (AvgIpc) is 3.94.